The van der Waals surface area contributed by atoms with Gasteiger partial charge >= 0.3 is 0 Å². The van der Waals surface area contributed by atoms with Gasteiger partial charge < -0.3 is 4.42 Å². The minimum absolute atomic E-state index is 0.439. The van der Waals surface area contributed by atoms with Crippen molar-refractivity contribution in [3.05, 3.63) is 65.2 Å². The number of hydrogen-bond acceptors (Lipinski definition) is 6. The predicted octanol–water partition coefficient (Wildman–Crippen LogP) is 5.52. The second-order valence-corrected chi connectivity index (χ2v) is 5.61. The van der Waals surface area contributed by atoms with Crippen LogP contribution < -0.4 is 0 Å². The number of nitrogens with zero attached hydrogens (tertiary/aromatic N) is 4. The lowest BCUT2D eigenvalue weighted by atomic mass is 10.2. The van der Waals surface area contributed by atoms with E-state index in [1.807, 2.05) is 37.3 Å². The zero-order valence-corrected chi connectivity index (χ0v) is 13.1. The minimum Gasteiger partial charge on any atom is -0.465 e. The Kier molecular flexibility index (Phi) is 4.41. The molecule has 0 saturated heterocycles. The molecule has 0 fully saturated rings. The third kappa shape index (κ3) is 3.59. The molecule has 3 rings (SSSR count). The van der Waals surface area contributed by atoms with Gasteiger partial charge in [0.1, 0.15) is 16.8 Å². The average molecular weight is 320 g/mol. The third-order valence-corrected chi connectivity index (χ3v) is 4.04. The molecule has 0 unspecified atom stereocenters. The lowest BCUT2D eigenvalue weighted by Gasteiger charge is -1.90. The highest BCUT2D eigenvalue weighted by Gasteiger charge is 2.12. The Bertz CT molecular complexity index is 887. The Balaban J connectivity index is 1.89. The normalized spacial score (nSPS) is 11.7. The van der Waals surface area contributed by atoms with Crippen molar-refractivity contribution in [1.29, 1.82) is 5.26 Å². The van der Waals surface area contributed by atoms with E-state index in [2.05, 4.69) is 21.3 Å². The molecule has 0 bridgehead atoms. The molecule has 23 heavy (non-hydrogen) atoms. The van der Waals surface area contributed by atoms with Gasteiger partial charge in [0.25, 0.3) is 0 Å². The molecule has 0 atom stereocenters. The van der Waals surface area contributed by atoms with E-state index in [9.17, 15) is 5.26 Å². The van der Waals surface area contributed by atoms with Crippen LogP contribution in [-0.4, -0.2) is 4.98 Å². The quantitative estimate of drug-likeness (QED) is 0.469. The smallest absolute Gasteiger partial charge is 0.162 e. The number of aryl methyl sites for hydroxylation is 1. The van der Waals surface area contributed by atoms with E-state index in [-0.39, 0.29) is 0 Å². The lowest BCUT2D eigenvalue weighted by Crippen LogP contribution is -1.80. The zero-order valence-electron chi connectivity index (χ0n) is 12.3. The highest BCUT2D eigenvalue weighted by molar-refractivity contribution is 7.16. The van der Waals surface area contributed by atoms with Crippen LogP contribution in [0.1, 0.15) is 16.5 Å². The molecule has 5 nitrogen and oxygen atoms in total. The van der Waals surface area contributed by atoms with Gasteiger partial charge in [-0.1, -0.05) is 29.5 Å². The second kappa shape index (κ2) is 6.81. The summed E-state index contributed by atoms with van der Waals surface area (Å²) in [6, 6.07) is 15.2. The van der Waals surface area contributed by atoms with Crippen LogP contribution in [0.4, 0.5) is 10.7 Å². The molecular weight excluding hydrogens is 308 g/mol. The average Bonchev–Trinajstić information content (AvgIpc) is 3.21. The monoisotopic (exact) mass is 320 g/mol. The van der Waals surface area contributed by atoms with Crippen LogP contribution in [0.2, 0.25) is 0 Å². The Morgan fingerprint density at radius 2 is 2.04 bits per heavy atom. The maximum atomic E-state index is 9.34. The molecule has 0 aliphatic rings. The summed E-state index contributed by atoms with van der Waals surface area (Å²) in [4.78, 5) is 4.41. The molecule has 3 aromatic rings. The molecule has 0 amide bonds. The van der Waals surface area contributed by atoms with Crippen LogP contribution in [0.5, 0.6) is 0 Å². The van der Waals surface area contributed by atoms with Crippen LogP contribution in [0, 0.1) is 18.3 Å². The molecule has 0 aliphatic heterocycles. The summed E-state index contributed by atoms with van der Waals surface area (Å²) in [6.45, 7) is 1.85. The first-order valence-electron chi connectivity index (χ1n) is 6.86. The van der Waals surface area contributed by atoms with Gasteiger partial charge in [-0.15, -0.1) is 10.2 Å². The second-order valence-electron chi connectivity index (χ2n) is 4.63. The Labute approximate surface area is 137 Å². The van der Waals surface area contributed by atoms with E-state index >= 15 is 0 Å². The van der Waals surface area contributed by atoms with Gasteiger partial charge in [0, 0.05) is 6.08 Å². The fraction of sp³-hybridized carbons (Fsp3) is 0.0588. The summed E-state index contributed by atoms with van der Waals surface area (Å²) < 4.78 is 5.24. The summed E-state index contributed by atoms with van der Waals surface area (Å²) in [5.74, 6) is 0.613. The standard InChI is InChI=1S/C17H12N4OS/c1-12-16(21-20-14-6-3-2-4-7-14)23-17(19-12)13(11-18)10-15-8-5-9-22-15/h2-10H,1H3/b13-10-,21-20?. The maximum Gasteiger partial charge on any atom is 0.162 e. The molecule has 0 N–H and O–H groups in total. The first kappa shape index (κ1) is 14.9. The predicted molar refractivity (Wildman–Crippen MR) is 89.7 cm³/mol. The number of furan rings is 1. The largest absolute Gasteiger partial charge is 0.465 e. The fourth-order valence-corrected chi connectivity index (χ4v) is 2.71. The fourth-order valence-electron chi connectivity index (χ4n) is 1.85. The Morgan fingerprint density at radius 3 is 2.74 bits per heavy atom. The number of rotatable bonds is 4. The number of azo groups is 1. The van der Waals surface area contributed by atoms with Gasteiger partial charge in [0.15, 0.2) is 5.00 Å². The molecular formula is C17H12N4OS. The number of allylic oxidation sites excluding steroid dienone is 1. The van der Waals surface area contributed by atoms with E-state index in [0.29, 0.717) is 21.3 Å². The van der Waals surface area contributed by atoms with E-state index in [0.717, 1.165) is 11.4 Å². The lowest BCUT2D eigenvalue weighted by molar-refractivity contribution is 0.557. The summed E-state index contributed by atoms with van der Waals surface area (Å²) in [7, 11) is 0. The van der Waals surface area contributed by atoms with Crippen molar-refractivity contribution in [3.8, 4) is 6.07 Å². The number of thiazole rings is 1. The number of aromatic nitrogens is 1. The molecule has 6 heteroatoms. The summed E-state index contributed by atoms with van der Waals surface area (Å²) in [5, 5.41) is 19.0. The number of benzene rings is 1. The zero-order chi connectivity index (χ0) is 16.1. The number of hydrogen-bond donors (Lipinski definition) is 0. The molecule has 0 spiro atoms. The molecule has 0 aliphatic carbocycles. The van der Waals surface area contributed by atoms with Crippen LogP contribution in [0.25, 0.3) is 11.6 Å². The molecule has 112 valence electrons. The molecule has 0 radical (unpaired) electrons. The van der Waals surface area contributed by atoms with Crippen molar-refractivity contribution in [3.63, 3.8) is 0 Å². The van der Waals surface area contributed by atoms with Crippen molar-refractivity contribution in [1.82, 2.24) is 4.98 Å². The van der Waals surface area contributed by atoms with Crippen LogP contribution in [0.15, 0.2) is 63.4 Å². The third-order valence-electron chi connectivity index (χ3n) is 2.97. The maximum absolute atomic E-state index is 9.34. The summed E-state index contributed by atoms with van der Waals surface area (Å²) in [5.41, 5.74) is 1.95. The van der Waals surface area contributed by atoms with Gasteiger partial charge in [-0.05, 0) is 31.2 Å². The molecule has 2 heterocycles. The van der Waals surface area contributed by atoms with Crippen molar-refractivity contribution in [2.75, 3.05) is 0 Å². The van der Waals surface area contributed by atoms with Crippen molar-refractivity contribution in [2.45, 2.75) is 6.92 Å². The first-order valence-corrected chi connectivity index (χ1v) is 7.68. The van der Waals surface area contributed by atoms with Crippen molar-refractivity contribution >= 4 is 33.7 Å². The number of nitriles is 1. The van der Waals surface area contributed by atoms with Crippen molar-refractivity contribution < 1.29 is 4.42 Å². The van der Waals surface area contributed by atoms with Crippen LogP contribution >= 0.6 is 11.3 Å². The van der Waals surface area contributed by atoms with E-state index in [1.54, 1.807) is 24.5 Å². The van der Waals surface area contributed by atoms with Gasteiger partial charge in [0.2, 0.25) is 0 Å². The summed E-state index contributed by atoms with van der Waals surface area (Å²) in [6.07, 6.45) is 3.23. The topological polar surface area (TPSA) is 74.5 Å². The van der Waals surface area contributed by atoms with Gasteiger partial charge in [-0.3, -0.25) is 0 Å². The molecule has 0 saturated carbocycles. The van der Waals surface area contributed by atoms with Crippen molar-refractivity contribution in [2.24, 2.45) is 10.2 Å². The first-order chi connectivity index (χ1) is 11.3. The van der Waals surface area contributed by atoms with Crippen LogP contribution in [-0.2, 0) is 0 Å². The van der Waals surface area contributed by atoms with E-state index < -0.39 is 0 Å². The minimum atomic E-state index is 0.439. The van der Waals surface area contributed by atoms with Gasteiger partial charge in [-0.25, -0.2) is 4.98 Å². The Morgan fingerprint density at radius 1 is 1.22 bits per heavy atom. The summed E-state index contributed by atoms with van der Waals surface area (Å²) >= 11 is 1.33. The van der Waals surface area contributed by atoms with Gasteiger partial charge in [0.05, 0.1) is 23.2 Å². The van der Waals surface area contributed by atoms with Crippen LogP contribution in [0.3, 0.4) is 0 Å². The molecule has 1 aromatic carbocycles. The highest BCUT2D eigenvalue weighted by Crippen LogP contribution is 2.33. The Hall–Kier alpha value is -3.04. The molecule has 2 aromatic heterocycles. The van der Waals surface area contributed by atoms with Gasteiger partial charge in [-0.2, -0.15) is 5.26 Å². The van der Waals surface area contributed by atoms with E-state index in [1.165, 1.54) is 11.3 Å². The van der Waals surface area contributed by atoms with E-state index in [4.69, 9.17) is 4.42 Å². The SMILES string of the molecule is Cc1nc(/C(C#N)=C\c2ccco2)sc1N=Nc1ccccc1. The highest BCUT2D eigenvalue weighted by atomic mass is 32.1.